The van der Waals surface area contributed by atoms with Crippen LogP contribution in [-0.2, 0) is 11.9 Å². The number of para-hydroxylation sites is 1. The van der Waals surface area contributed by atoms with Crippen molar-refractivity contribution < 1.29 is 9.13 Å². The first-order chi connectivity index (χ1) is 9.11. The van der Waals surface area contributed by atoms with Gasteiger partial charge in [-0.2, -0.15) is 0 Å². The van der Waals surface area contributed by atoms with E-state index in [0.29, 0.717) is 22.7 Å². The third-order valence-corrected chi connectivity index (χ3v) is 3.77. The molecule has 2 aromatic rings. The van der Waals surface area contributed by atoms with Gasteiger partial charge in [-0.05, 0) is 36.2 Å². The summed E-state index contributed by atoms with van der Waals surface area (Å²) in [5, 5.41) is 1.25. The Labute approximate surface area is 125 Å². The number of benzene rings is 2. The van der Waals surface area contributed by atoms with Crippen molar-refractivity contribution in [3.8, 4) is 5.75 Å². The van der Waals surface area contributed by atoms with Crippen LogP contribution in [0.15, 0.2) is 36.4 Å². The quantitative estimate of drug-likeness (QED) is 0.688. The highest BCUT2D eigenvalue weighted by atomic mass is 79.9. The van der Waals surface area contributed by atoms with E-state index in [1.807, 2.05) is 19.1 Å². The van der Waals surface area contributed by atoms with Crippen molar-refractivity contribution in [2.24, 2.45) is 0 Å². The van der Waals surface area contributed by atoms with Crippen molar-refractivity contribution >= 4 is 27.5 Å². The number of halogens is 3. The molecule has 2 aromatic carbocycles. The normalized spacial score (nSPS) is 10.5. The first-order valence-electron chi connectivity index (χ1n) is 5.83. The molecule has 19 heavy (non-hydrogen) atoms. The van der Waals surface area contributed by atoms with E-state index in [1.54, 1.807) is 12.1 Å². The molecule has 0 saturated carbocycles. The molecular weight excluding hydrogens is 331 g/mol. The Balaban J connectivity index is 2.19. The molecule has 4 heteroatoms. The lowest BCUT2D eigenvalue weighted by Gasteiger charge is -2.13. The molecule has 0 aliphatic heterocycles. The van der Waals surface area contributed by atoms with Gasteiger partial charge in [0, 0.05) is 10.9 Å². The Hall–Kier alpha value is -1.06. The fourth-order valence-electron chi connectivity index (χ4n) is 1.79. The molecule has 0 aliphatic rings. The lowest BCUT2D eigenvalue weighted by molar-refractivity contribution is 0.303. The Bertz CT molecular complexity index is 586. The lowest BCUT2D eigenvalue weighted by Crippen LogP contribution is -2.00. The third kappa shape index (κ3) is 3.48. The van der Waals surface area contributed by atoms with E-state index in [-0.39, 0.29) is 5.82 Å². The summed E-state index contributed by atoms with van der Waals surface area (Å²) in [5.74, 6) is 0.435. The minimum absolute atomic E-state index is 0.236. The molecule has 0 atom stereocenters. The minimum atomic E-state index is -0.236. The van der Waals surface area contributed by atoms with Crippen molar-refractivity contribution in [1.29, 1.82) is 0 Å². The second-order valence-corrected chi connectivity index (χ2v) is 5.19. The van der Waals surface area contributed by atoms with Crippen LogP contribution < -0.4 is 4.74 Å². The highest BCUT2D eigenvalue weighted by molar-refractivity contribution is 9.08. The number of aryl methyl sites for hydroxylation is 1. The second kappa shape index (κ2) is 6.40. The Morgan fingerprint density at radius 3 is 2.68 bits per heavy atom. The van der Waals surface area contributed by atoms with E-state index in [9.17, 15) is 4.39 Å². The van der Waals surface area contributed by atoms with Crippen molar-refractivity contribution in [2.75, 3.05) is 0 Å². The first-order valence-corrected chi connectivity index (χ1v) is 7.33. The van der Waals surface area contributed by atoms with Gasteiger partial charge in [-0.1, -0.05) is 45.7 Å². The van der Waals surface area contributed by atoms with Crippen LogP contribution in [0, 0.1) is 12.7 Å². The van der Waals surface area contributed by atoms with Gasteiger partial charge in [0.15, 0.2) is 0 Å². The van der Waals surface area contributed by atoms with Crippen molar-refractivity contribution in [1.82, 2.24) is 0 Å². The number of rotatable bonds is 4. The Kier molecular flexibility index (Phi) is 4.83. The van der Waals surface area contributed by atoms with Crippen molar-refractivity contribution in [3.63, 3.8) is 0 Å². The minimum Gasteiger partial charge on any atom is -0.487 e. The highest BCUT2D eigenvalue weighted by Gasteiger charge is 2.08. The number of alkyl halides is 1. The zero-order chi connectivity index (χ0) is 13.8. The van der Waals surface area contributed by atoms with E-state index in [0.717, 1.165) is 16.7 Å². The van der Waals surface area contributed by atoms with Crippen LogP contribution in [0.1, 0.15) is 16.7 Å². The SMILES string of the molecule is Cc1cc(F)ccc1COc1c(Cl)cccc1CBr. The van der Waals surface area contributed by atoms with Gasteiger partial charge in [0.05, 0.1) is 5.02 Å². The fourth-order valence-corrected chi connectivity index (χ4v) is 2.48. The Morgan fingerprint density at radius 2 is 2.00 bits per heavy atom. The predicted molar refractivity (Wildman–Crippen MR) is 79.6 cm³/mol. The highest BCUT2D eigenvalue weighted by Crippen LogP contribution is 2.31. The van der Waals surface area contributed by atoms with Crippen molar-refractivity contribution in [2.45, 2.75) is 18.9 Å². The van der Waals surface area contributed by atoms with Crippen LogP contribution in [0.2, 0.25) is 5.02 Å². The van der Waals surface area contributed by atoms with Gasteiger partial charge >= 0.3 is 0 Å². The van der Waals surface area contributed by atoms with Gasteiger partial charge in [0.25, 0.3) is 0 Å². The third-order valence-electron chi connectivity index (χ3n) is 2.87. The van der Waals surface area contributed by atoms with E-state index < -0.39 is 0 Å². The van der Waals surface area contributed by atoms with E-state index in [2.05, 4.69) is 15.9 Å². The number of hydrogen-bond acceptors (Lipinski definition) is 1. The maximum Gasteiger partial charge on any atom is 0.142 e. The Morgan fingerprint density at radius 1 is 1.21 bits per heavy atom. The molecule has 0 fully saturated rings. The van der Waals surface area contributed by atoms with Crippen molar-refractivity contribution in [3.05, 3.63) is 63.9 Å². The largest absolute Gasteiger partial charge is 0.487 e. The summed E-state index contributed by atoms with van der Waals surface area (Å²) in [4.78, 5) is 0. The molecule has 0 radical (unpaired) electrons. The van der Waals surface area contributed by atoms with Gasteiger partial charge in [-0.15, -0.1) is 0 Å². The van der Waals surface area contributed by atoms with Crippen LogP contribution in [0.5, 0.6) is 5.75 Å². The average Bonchev–Trinajstić information content (AvgIpc) is 2.39. The lowest BCUT2D eigenvalue weighted by atomic mass is 10.1. The summed E-state index contributed by atoms with van der Waals surface area (Å²) in [5.41, 5.74) is 2.81. The summed E-state index contributed by atoms with van der Waals surface area (Å²) in [6, 6.07) is 10.3. The van der Waals surface area contributed by atoms with E-state index in [1.165, 1.54) is 12.1 Å². The topological polar surface area (TPSA) is 9.23 Å². The molecule has 0 amide bonds. The first kappa shape index (κ1) is 14.4. The summed E-state index contributed by atoms with van der Waals surface area (Å²) >= 11 is 9.54. The van der Waals surface area contributed by atoms with Crippen LogP contribution in [0.3, 0.4) is 0 Å². The van der Waals surface area contributed by atoms with Gasteiger partial charge in [-0.25, -0.2) is 4.39 Å². The second-order valence-electron chi connectivity index (χ2n) is 4.22. The average molecular weight is 344 g/mol. The zero-order valence-electron chi connectivity index (χ0n) is 10.4. The molecule has 0 N–H and O–H groups in total. The summed E-state index contributed by atoms with van der Waals surface area (Å²) in [7, 11) is 0. The van der Waals surface area contributed by atoms with Gasteiger partial charge in [-0.3, -0.25) is 0 Å². The molecule has 2 rings (SSSR count). The van der Waals surface area contributed by atoms with Gasteiger partial charge < -0.3 is 4.74 Å². The molecular formula is C15H13BrClFO. The molecule has 100 valence electrons. The zero-order valence-corrected chi connectivity index (χ0v) is 12.8. The van der Waals surface area contributed by atoms with E-state index in [4.69, 9.17) is 16.3 Å². The molecule has 0 bridgehead atoms. The van der Waals surface area contributed by atoms with Crippen LogP contribution in [-0.4, -0.2) is 0 Å². The molecule has 0 aliphatic carbocycles. The number of hydrogen-bond donors (Lipinski definition) is 0. The number of ether oxygens (including phenoxy) is 1. The van der Waals surface area contributed by atoms with Gasteiger partial charge in [0.1, 0.15) is 18.2 Å². The monoisotopic (exact) mass is 342 g/mol. The van der Waals surface area contributed by atoms with E-state index >= 15 is 0 Å². The summed E-state index contributed by atoms with van der Waals surface area (Å²) in [6.45, 7) is 2.23. The molecule has 0 heterocycles. The standard InChI is InChI=1S/C15H13BrClFO/c1-10-7-13(18)6-5-12(10)9-19-15-11(8-16)3-2-4-14(15)17/h2-7H,8-9H2,1H3. The van der Waals surface area contributed by atoms with Crippen LogP contribution in [0.25, 0.3) is 0 Å². The summed E-state index contributed by atoms with van der Waals surface area (Å²) < 4.78 is 18.8. The van der Waals surface area contributed by atoms with Crippen LogP contribution >= 0.6 is 27.5 Å². The molecule has 0 spiro atoms. The molecule has 0 saturated heterocycles. The van der Waals surface area contributed by atoms with Crippen LogP contribution in [0.4, 0.5) is 4.39 Å². The maximum atomic E-state index is 13.0. The predicted octanol–water partition coefficient (Wildman–Crippen LogP) is 5.26. The van der Waals surface area contributed by atoms with Gasteiger partial charge in [0.2, 0.25) is 0 Å². The molecule has 1 nitrogen and oxygen atoms in total. The molecule has 0 aromatic heterocycles. The fraction of sp³-hybridized carbons (Fsp3) is 0.200. The maximum absolute atomic E-state index is 13.0. The smallest absolute Gasteiger partial charge is 0.142 e. The summed E-state index contributed by atoms with van der Waals surface area (Å²) in [6.07, 6.45) is 0. The molecule has 0 unspecified atom stereocenters.